The molecule has 0 radical (unpaired) electrons. The predicted octanol–water partition coefficient (Wildman–Crippen LogP) is 4.39. The highest BCUT2D eigenvalue weighted by molar-refractivity contribution is 5.15. The molecule has 3 fully saturated rings. The maximum absolute atomic E-state index is 11.2. The van der Waals surface area contributed by atoms with Gasteiger partial charge >= 0.3 is 0 Å². The number of aliphatic hydroxyl groups is 1. The fourth-order valence-electron chi connectivity index (χ4n) is 5.63. The molecule has 3 aliphatic rings. The number of rotatable bonds is 1. The van der Waals surface area contributed by atoms with E-state index in [1.165, 1.54) is 32.1 Å². The highest BCUT2D eigenvalue weighted by Crippen LogP contribution is 2.71. The SMILES string of the molecule is CC1CCC(O)([C@H]2C[C@@H]3CC[C@@]2(C)C3(C)C)CC1. The van der Waals surface area contributed by atoms with Crippen LogP contribution in [0.1, 0.15) is 72.6 Å². The van der Waals surface area contributed by atoms with Gasteiger partial charge in [-0.15, -0.1) is 0 Å². The molecule has 3 atom stereocenters. The first-order valence-electron chi connectivity index (χ1n) is 8.02. The Morgan fingerprint density at radius 3 is 2.00 bits per heavy atom. The van der Waals surface area contributed by atoms with Gasteiger partial charge in [-0.3, -0.25) is 0 Å². The van der Waals surface area contributed by atoms with Gasteiger partial charge in [0, 0.05) is 0 Å². The summed E-state index contributed by atoms with van der Waals surface area (Å²) in [6.45, 7) is 9.73. The van der Waals surface area contributed by atoms with Crippen molar-refractivity contribution in [1.29, 1.82) is 0 Å². The van der Waals surface area contributed by atoms with Crippen LogP contribution >= 0.6 is 0 Å². The molecule has 3 aliphatic carbocycles. The Balaban J connectivity index is 1.86. The zero-order chi connectivity index (χ0) is 13.2. The first kappa shape index (κ1) is 13.0. The van der Waals surface area contributed by atoms with Crippen LogP contribution in [0.2, 0.25) is 0 Å². The maximum Gasteiger partial charge on any atom is 0.0681 e. The molecular formula is C17H30O. The number of fused-ring (bicyclic) bond motifs is 2. The van der Waals surface area contributed by atoms with Crippen LogP contribution in [0.25, 0.3) is 0 Å². The summed E-state index contributed by atoms with van der Waals surface area (Å²) in [7, 11) is 0. The van der Waals surface area contributed by atoms with Crippen LogP contribution in [0.4, 0.5) is 0 Å². The average molecular weight is 250 g/mol. The van der Waals surface area contributed by atoms with Crippen molar-refractivity contribution in [2.45, 2.75) is 78.2 Å². The van der Waals surface area contributed by atoms with Crippen molar-refractivity contribution in [1.82, 2.24) is 0 Å². The van der Waals surface area contributed by atoms with Crippen molar-refractivity contribution < 1.29 is 5.11 Å². The lowest BCUT2D eigenvalue weighted by Crippen LogP contribution is -2.49. The molecule has 18 heavy (non-hydrogen) atoms. The molecule has 3 rings (SSSR count). The minimum absolute atomic E-state index is 0.340. The molecule has 1 N–H and O–H groups in total. The molecule has 0 aromatic rings. The van der Waals surface area contributed by atoms with E-state index in [2.05, 4.69) is 27.7 Å². The third kappa shape index (κ3) is 1.49. The minimum atomic E-state index is -0.340. The van der Waals surface area contributed by atoms with E-state index in [9.17, 15) is 5.11 Å². The Labute approximate surface area is 112 Å². The highest BCUT2D eigenvalue weighted by atomic mass is 16.3. The van der Waals surface area contributed by atoms with Crippen molar-refractivity contribution in [3.8, 4) is 0 Å². The van der Waals surface area contributed by atoms with E-state index < -0.39 is 0 Å². The summed E-state index contributed by atoms with van der Waals surface area (Å²) in [6, 6.07) is 0. The van der Waals surface area contributed by atoms with E-state index in [1.54, 1.807) is 0 Å². The summed E-state index contributed by atoms with van der Waals surface area (Å²) < 4.78 is 0. The molecule has 0 spiro atoms. The summed E-state index contributed by atoms with van der Waals surface area (Å²) in [6.07, 6.45) is 8.59. The monoisotopic (exact) mass is 250 g/mol. The topological polar surface area (TPSA) is 20.2 Å². The Kier molecular flexibility index (Phi) is 2.70. The van der Waals surface area contributed by atoms with Crippen molar-refractivity contribution >= 4 is 0 Å². The second-order valence-electron chi connectivity index (χ2n) is 8.45. The third-order valence-electron chi connectivity index (χ3n) is 7.58. The van der Waals surface area contributed by atoms with Gasteiger partial charge in [-0.2, -0.15) is 0 Å². The quantitative estimate of drug-likeness (QED) is 0.732. The molecule has 0 aromatic carbocycles. The fraction of sp³-hybridized carbons (Fsp3) is 1.00. The molecule has 0 heterocycles. The van der Waals surface area contributed by atoms with Crippen LogP contribution in [0.3, 0.4) is 0 Å². The Morgan fingerprint density at radius 1 is 0.944 bits per heavy atom. The van der Waals surface area contributed by atoms with E-state index in [-0.39, 0.29) is 5.60 Å². The van der Waals surface area contributed by atoms with Gasteiger partial charge in [0.1, 0.15) is 0 Å². The van der Waals surface area contributed by atoms with E-state index >= 15 is 0 Å². The normalized spacial score (nSPS) is 54.8. The first-order chi connectivity index (χ1) is 8.30. The summed E-state index contributed by atoms with van der Waals surface area (Å²) >= 11 is 0. The highest BCUT2D eigenvalue weighted by Gasteiger charge is 2.65. The van der Waals surface area contributed by atoms with Crippen LogP contribution in [-0.4, -0.2) is 10.7 Å². The molecule has 0 amide bonds. The summed E-state index contributed by atoms with van der Waals surface area (Å²) in [5.74, 6) is 2.24. The van der Waals surface area contributed by atoms with E-state index in [4.69, 9.17) is 0 Å². The Bertz CT molecular complexity index is 338. The van der Waals surface area contributed by atoms with Crippen molar-refractivity contribution in [2.24, 2.45) is 28.6 Å². The lowest BCUT2D eigenvalue weighted by Gasteiger charge is -2.49. The summed E-state index contributed by atoms with van der Waals surface area (Å²) in [4.78, 5) is 0. The second kappa shape index (κ2) is 3.75. The van der Waals surface area contributed by atoms with Crippen molar-refractivity contribution in [3.63, 3.8) is 0 Å². The molecule has 1 nitrogen and oxygen atoms in total. The molecule has 0 aromatic heterocycles. The second-order valence-corrected chi connectivity index (χ2v) is 8.45. The van der Waals surface area contributed by atoms with Gasteiger partial charge in [0.2, 0.25) is 0 Å². The number of hydrogen-bond acceptors (Lipinski definition) is 1. The standard InChI is InChI=1S/C17H30O/c1-12-5-9-17(18,10-6-12)14-11-13-7-8-16(14,4)15(13,2)3/h12-14,18H,5-11H2,1-4H3/t12?,13-,14-,16+,17?/m0/s1. The Morgan fingerprint density at radius 2 is 1.56 bits per heavy atom. The van der Waals surface area contributed by atoms with Crippen molar-refractivity contribution in [2.75, 3.05) is 0 Å². The molecule has 2 bridgehead atoms. The van der Waals surface area contributed by atoms with Gasteiger partial charge in [-0.25, -0.2) is 0 Å². The first-order valence-corrected chi connectivity index (χ1v) is 8.02. The zero-order valence-corrected chi connectivity index (χ0v) is 12.6. The maximum atomic E-state index is 11.2. The Hall–Kier alpha value is -0.0400. The van der Waals surface area contributed by atoms with Crippen LogP contribution in [0.5, 0.6) is 0 Å². The zero-order valence-electron chi connectivity index (χ0n) is 12.6. The number of hydrogen-bond donors (Lipinski definition) is 1. The average Bonchev–Trinajstić information content (AvgIpc) is 2.65. The summed E-state index contributed by atoms with van der Waals surface area (Å²) in [5.41, 5.74) is 0.483. The van der Waals surface area contributed by atoms with Gasteiger partial charge < -0.3 is 5.11 Å². The van der Waals surface area contributed by atoms with Crippen LogP contribution in [0.15, 0.2) is 0 Å². The van der Waals surface area contributed by atoms with Gasteiger partial charge in [-0.1, -0.05) is 27.7 Å². The largest absolute Gasteiger partial charge is 0.390 e. The molecule has 3 saturated carbocycles. The van der Waals surface area contributed by atoms with E-state index in [1.807, 2.05) is 0 Å². The van der Waals surface area contributed by atoms with Crippen molar-refractivity contribution in [3.05, 3.63) is 0 Å². The van der Waals surface area contributed by atoms with Crippen LogP contribution in [0, 0.1) is 28.6 Å². The molecule has 1 heteroatoms. The lowest BCUT2D eigenvalue weighted by atomic mass is 9.58. The van der Waals surface area contributed by atoms with E-state index in [0.29, 0.717) is 16.7 Å². The van der Waals surface area contributed by atoms with Gasteiger partial charge in [0.15, 0.2) is 0 Å². The van der Waals surface area contributed by atoms with Gasteiger partial charge in [0.05, 0.1) is 5.60 Å². The lowest BCUT2D eigenvalue weighted by molar-refractivity contribution is -0.108. The minimum Gasteiger partial charge on any atom is -0.390 e. The van der Waals surface area contributed by atoms with Crippen LogP contribution < -0.4 is 0 Å². The van der Waals surface area contributed by atoms with Gasteiger partial charge in [-0.05, 0) is 73.5 Å². The molecule has 0 saturated heterocycles. The fourth-order valence-corrected chi connectivity index (χ4v) is 5.63. The van der Waals surface area contributed by atoms with Crippen LogP contribution in [-0.2, 0) is 0 Å². The van der Waals surface area contributed by atoms with Gasteiger partial charge in [0.25, 0.3) is 0 Å². The molecule has 0 unspecified atom stereocenters. The molecule has 0 aliphatic heterocycles. The molecule has 104 valence electrons. The van der Waals surface area contributed by atoms with E-state index in [0.717, 1.165) is 24.7 Å². The predicted molar refractivity (Wildman–Crippen MR) is 75.3 cm³/mol. The molecular weight excluding hydrogens is 220 g/mol. The summed E-state index contributed by atoms with van der Waals surface area (Å²) in [5, 5.41) is 11.2. The third-order valence-corrected chi connectivity index (χ3v) is 7.58. The smallest absolute Gasteiger partial charge is 0.0681 e.